The summed E-state index contributed by atoms with van der Waals surface area (Å²) in [7, 11) is 1.45. The van der Waals surface area contributed by atoms with E-state index in [1.807, 2.05) is 0 Å². The van der Waals surface area contributed by atoms with Gasteiger partial charge in [0.25, 0.3) is 11.8 Å². The summed E-state index contributed by atoms with van der Waals surface area (Å²) in [4.78, 5) is 48.6. The lowest BCUT2D eigenvalue weighted by molar-refractivity contribution is -0.153. The van der Waals surface area contributed by atoms with Crippen molar-refractivity contribution < 1.29 is 38.1 Å². The maximum absolute atomic E-state index is 12.4. The number of methoxy groups -OCH3 is 1. The molecular formula is C21H24N2O8S. The Balaban J connectivity index is 2.01. The fourth-order valence-corrected chi connectivity index (χ4v) is 3.60. The molecule has 1 aromatic heterocycles. The number of carbonyl (C=O) groups is 4. The van der Waals surface area contributed by atoms with E-state index in [9.17, 15) is 19.2 Å². The number of benzene rings is 1. The van der Waals surface area contributed by atoms with Crippen LogP contribution in [0, 0.1) is 6.92 Å². The maximum atomic E-state index is 12.4. The minimum Gasteiger partial charge on any atom is -0.479 e. The molecule has 2 amide bonds. The van der Waals surface area contributed by atoms with Crippen LogP contribution in [-0.4, -0.2) is 56.8 Å². The summed E-state index contributed by atoms with van der Waals surface area (Å²) in [6.45, 7) is 2.55. The molecule has 1 aromatic carbocycles. The van der Waals surface area contributed by atoms with E-state index in [-0.39, 0.29) is 34.2 Å². The molecule has 11 heteroatoms. The van der Waals surface area contributed by atoms with Gasteiger partial charge >= 0.3 is 11.9 Å². The van der Waals surface area contributed by atoms with Gasteiger partial charge in [0.05, 0.1) is 17.0 Å². The first-order valence-corrected chi connectivity index (χ1v) is 10.3. The number of amides is 2. The molecule has 1 unspecified atom stereocenters. The van der Waals surface area contributed by atoms with E-state index in [1.54, 1.807) is 30.3 Å². The lowest BCUT2D eigenvalue weighted by atomic mass is 10.1. The highest BCUT2D eigenvalue weighted by molar-refractivity contribution is 7.18. The van der Waals surface area contributed by atoms with Gasteiger partial charge in [-0.25, -0.2) is 9.59 Å². The highest BCUT2D eigenvalue weighted by atomic mass is 32.1. The van der Waals surface area contributed by atoms with Crippen LogP contribution in [0.5, 0.6) is 5.75 Å². The topological polar surface area (TPSA) is 143 Å². The van der Waals surface area contributed by atoms with E-state index >= 15 is 0 Å². The summed E-state index contributed by atoms with van der Waals surface area (Å²) in [5, 5.41) is 2.53. The zero-order valence-corrected chi connectivity index (χ0v) is 18.7. The van der Waals surface area contributed by atoms with Gasteiger partial charge in [0.1, 0.15) is 17.4 Å². The number of carbonyl (C=O) groups excluding carboxylic acids is 4. The molecule has 0 saturated carbocycles. The van der Waals surface area contributed by atoms with Crippen LogP contribution in [0.1, 0.15) is 32.5 Å². The molecule has 2 aromatic rings. The van der Waals surface area contributed by atoms with E-state index in [0.29, 0.717) is 5.75 Å². The second-order valence-corrected chi connectivity index (χ2v) is 7.50. The van der Waals surface area contributed by atoms with Crippen LogP contribution < -0.4 is 15.8 Å². The Bertz CT molecular complexity index is 974. The Morgan fingerprint density at radius 1 is 1.09 bits per heavy atom. The van der Waals surface area contributed by atoms with Crippen molar-refractivity contribution in [2.24, 2.45) is 5.73 Å². The van der Waals surface area contributed by atoms with E-state index < -0.39 is 36.5 Å². The number of ether oxygens (including phenoxy) is 4. The molecule has 1 heterocycles. The van der Waals surface area contributed by atoms with Gasteiger partial charge in [0.15, 0.2) is 12.7 Å². The van der Waals surface area contributed by atoms with Gasteiger partial charge in [0.2, 0.25) is 0 Å². The van der Waals surface area contributed by atoms with Crippen LogP contribution in [-0.2, 0) is 23.8 Å². The zero-order chi connectivity index (χ0) is 23.7. The second-order valence-electron chi connectivity index (χ2n) is 6.48. The summed E-state index contributed by atoms with van der Waals surface area (Å²) in [5.74, 6) is -2.49. The predicted molar refractivity (Wildman–Crippen MR) is 116 cm³/mol. The van der Waals surface area contributed by atoms with Gasteiger partial charge in [-0.05, 0) is 31.5 Å². The third-order valence-corrected chi connectivity index (χ3v) is 5.30. The van der Waals surface area contributed by atoms with E-state index in [1.165, 1.54) is 21.0 Å². The first-order valence-electron chi connectivity index (χ1n) is 9.52. The Hall–Kier alpha value is -3.44. The molecule has 3 N–H and O–H groups in total. The third-order valence-electron chi connectivity index (χ3n) is 4.08. The summed E-state index contributed by atoms with van der Waals surface area (Å²) < 4.78 is 20.3. The highest BCUT2D eigenvalue weighted by Gasteiger charge is 2.26. The van der Waals surface area contributed by atoms with Crippen molar-refractivity contribution >= 4 is 40.1 Å². The van der Waals surface area contributed by atoms with Crippen LogP contribution in [0.3, 0.4) is 0 Å². The summed E-state index contributed by atoms with van der Waals surface area (Å²) >= 11 is 0.829. The number of esters is 2. The second kappa shape index (κ2) is 11.8. The minimum absolute atomic E-state index is 0.000332. The Kier molecular flexibility index (Phi) is 9.17. The first-order chi connectivity index (χ1) is 15.2. The van der Waals surface area contributed by atoms with E-state index in [4.69, 9.17) is 24.7 Å². The van der Waals surface area contributed by atoms with Gasteiger partial charge in [-0.1, -0.05) is 18.2 Å². The van der Waals surface area contributed by atoms with Gasteiger partial charge < -0.3 is 30.0 Å². The van der Waals surface area contributed by atoms with E-state index in [2.05, 4.69) is 5.32 Å². The Morgan fingerprint density at radius 3 is 2.41 bits per heavy atom. The molecule has 2 rings (SSSR count). The van der Waals surface area contributed by atoms with Crippen molar-refractivity contribution in [1.82, 2.24) is 0 Å². The molecule has 0 aliphatic carbocycles. The predicted octanol–water partition coefficient (Wildman–Crippen LogP) is 1.91. The molecule has 172 valence electrons. The molecule has 1 atom stereocenters. The first kappa shape index (κ1) is 24.8. The normalized spacial score (nSPS) is 11.3. The van der Waals surface area contributed by atoms with Crippen LogP contribution >= 0.6 is 11.3 Å². The lowest BCUT2D eigenvalue weighted by Crippen LogP contribution is -2.29. The molecule has 0 spiro atoms. The zero-order valence-electron chi connectivity index (χ0n) is 17.8. The fraction of sp³-hybridized carbons (Fsp3) is 0.333. The lowest BCUT2D eigenvalue weighted by Gasteiger charge is -2.14. The number of thiophene rings is 1. The Morgan fingerprint density at radius 2 is 1.78 bits per heavy atom. The number of nitrogens with one attached hydrogen (secondary N) is 1. The van der Waals surface area contributed by atoms with Crippen molar-refractivity contribution in [3.63, 3.8) is 0 Å². The third kappa shape index (κ3) is 6.79. The van der Waals surface area contributed by atoms with Crippen molar-refractivity contribution in [2.45, 2.75) is 20.0 Å². The van der Waals surface area contributed by atoms with E-state index in [0.717, 1.165) is 11.3 Å². The molecule has 0 bridgehead atoms. The molecule has 0 fully saturated rings. The number of rotatable bonds is 11. The van der Waals surface area contributed by atoms with Gasteiger partial charge in [-0.15, -0.1) is 11.3 Å². The largest absolute Gasteiger partial charge is 0.479 e. The van der Waals surface area contributed by atoms with Crippen molar-refractivity contribution in [2.75, 3.05) is 32.2 Å². The molecule has 32 heavy (non-hydrogen) atoms. The van der Waals surface area contributed by atoms with Gasteiger partial charge in [-0.3, -0.25) is 9.59 Å². The van der Waals surface area contributed by atoms with Crippen molar-refractivity contribution in [1.29, 1.82) is 0 Å². The fourth-order valence-electron chi connectivity index (χ4n) is 2.54. The average molecular weight is 464 g/mol. The molecule has 0 aliphatic heterocycles. The summed E-state index contributed by atoms with van der Waals surface area (Å²) in [5.41, 5.74) is 5.63. The number of para-hydroxylation sites is 1. The molecule has 0 saturated heterocycles. The van der Waals surface area contributed by atoms with Crippen molar-refractivity contribution in [3.8, 4) is 5.75 Å². The Labute approximate surface area is 188 Å². The number of nitrogens with two attached hydrogens (primary N) is 1. The molecule has 10 nitrogen and oxygen atoms in total. The average Bonchev–Trinajstić information content (AvgIpc) is 3.08. The summed E-state index contributed by atoms with van der Waals surface area (Å²) in [6, 6.07) is 8.67. The molecule has 0 aliphatic rings. The van der Waals surface area contributed by atoms with Gasteiger partial charge in [0, 0.05) is 7.11 Å². The summed E-state index contributed by atoms with van der Waals surface area (Å²) in [6.07, 6.45) is -0.943. The number of hydrogen-bond acceptors (Lipinski definition) is 9. The highest BCUT2D eigenvalue weighted by Crippen LogP contribution is 2.33. The van der Waals surface area contributed by atoms with Crippen molar-refractivity contribution in [3.05, 3.63) is 46.3 Å². The van der Waals surface area contributed by atoms with Crippen LogP contribution in [0.25, 0.3) is 0 Å². The molecular weight excluding hydrogens is 440 g/mol. The monoisotopic (exact) mass is 464 g/mol. The number of hydrogen-bond donors (Lipinski definition) is 2. The smallest absolute Gasteiger partial charge is 0.347 e. The number of primary amides is 1. The SMILES string of the molecule is COCCOC(=O)c1c(NC(=O)COC(=O)C(C)Oc2ccccc2)sc(C(N)=O)c1C. The quantitative estimate of drug-likeness (QED) is 0.379. The number of anilines is 1. The van der Waals surface area contributed by atoms with Crippen LogP contribution in [0.4, 0.5) is 5.00 Å². The minimum atomic E-state index is -0.943. The van der Waals surface area contributed by atoms with Gasteiger partial charge in [-0.2, -0.15) is 0 Å². The van der Waals surface area contributed by atoms with Crippen LogP contribution in [0.15, 0.2) is 30.3 Å². The van der Waals surface area contributed by atoms with Crippen LogP contribution in [0.2, 0.25) is 0 Å². The molecule has 0 radical (unpaired) electrons. The maximum Gasteiger partial charge on any atom is 0.347 e. The standard InChI is InChI=1S/C21H24N2O8S/c1-12-16(21(27)29-10-9-28-3)19(32-17(12)18(22)25)23-15(24)11-30-20(26)13(2)31-14-7-5-4-6-8-14/h4-8,13H,9-11H2,1-3H3,(H2,22,25)(H,23,24).